The van der Waals surface area contributed by atoms with Gasteiger partial charge in [0.2, 0.25) is 0 Å². The second kappa shape index (κ2) is 4.65. The summed E-state index contributed by atoms with van der Waals surface area (Å²) in [5, 5.41) is 12.6. The van der Waals surface area contributed by atoms with Crippen LogP contribution in [0.3, 0.4) is 0 Å². The van der Waals surface area contributed by atoms with Crippen LogP contribution >= 0.6 is 0 Å². The zero-order valence-electron chi connectivity index (χ0n) is 10.2. The molecule has 2 aliphatic rings. The lowest BCUT2D eigenvalue weighted by atomic mass is 10.1. The number of carboxylic acids is 1. The fraction of sp³-hybridized carbons (Fsp3) is 0.615. The van der Waals surface area contributed by atoms with Crippen molar-refractivity contribution in [2.45, 2.75) is 38.3 Å². The van der Waals surface area contributed by atoms with Gasteiger partial charge in [-0.15, -0.1) is 0 Å². The summed E-state index contributed by atoms with van der Waals surface area (Å²) in [6.07, 6.45) is 8.02. The highest BCUT2D eigenvalue weighted by molar-refractivity contribution is 5.88. The van der Waals surface area contributed by atoms with Gasteiger partial charge in [0.05, 0.1) is 5.69 Å². The summed E-state index contributed by atoms with van der Waals surface area (Å²) in [5.74, 6) is 0.641. The Kier molecular flexibility index (Phi) is 2.99. The molecule has 0 spiro atoms. The molecule has 18 heavy (non-hydrogen) atoms. The molecule has 96 valence electrons. The minimum absolute atomic E-state index is 0.204. The summed E-state index contributed by atoms with van der Waals surface area (Å²) in [7, 11) is 0. The second-order valence-corrected chi connectivity index (χ2v) is 5.27. The van der Waals surface area contributed by atoms with Gasteiger partial charge < -0.3 is 10.4 Å². The Balaban J connectivity index is 1.66. The molecule has 0 amide bonds. The highest BCUT2D eigenvalue weighted by Crippen LogP contribution is 2.44. The number of carboxylic acid groups (broad SMARTS) is 1. The molecule has 0 atom stereocenters. The molecular formula is C13H17N3O2. The van der Waals surface area contributed by atoms with Crippen molar-refractivity contribution in [3.8, 4) is 0 Å². The summed E-state index contributed by atoms with van der Waals surface area (Å²) < 4.78 is 0. The number of nitrogens with one attached hydrogen (secondary N) is 1. The molecule has 5 nitrogen and oxygen atoms in total. The number of aromatic carboxylic acids is 1. The minimum atomic E-state index is -0.957. The van der Waals surface area contributed by atoms with E-state index in [1.807, 2.05) is 0 Å². The van der Waals surface area contributed by atoms with E-state index < -0.39 is 5.97 Å². The van der Waals surface area contributed by atoms with E-state index in [0.717, 1.165) is 11.8 Å². The Bertz CT molecular complexity index is 443. The van der Waals surface area contributed by atoms with Crippen LogP contribution in [-0.2, 0) is 6.54 Å². The monoisotopic (exact) mass is 247 g/mol. The largest absolute Gasteiger partial charge is 0.478 e. The van der Waals surface area contributed by atoms with E-state index in [9.17, 15) is 4.79 Å². The van der Waals surface area contributed by atoms with Crippen molar-refractivity contribution in [2.75, 3.05) is 0 Å². The quantitative estimate of drug-likeness (QED) is 0.795. The summed E-state index contributed by atoms with van der Waals surface area (Å²) in [5.41, 5.74) is 0.791. The van der Waals surface area contributed by atoms with E-state index in [2.05, 4.69) is 15.3 Å². The third-order valence-electron chi connectivity index (χ3n) is 3.79. The van der Waals surface area contributed by atoms with Crippen molar-refractivity contribution in [2.24, 2.45) is 11.8 Å². The summed E-state index contributed by atoms with van der Waals surface area (Å²) in [6.45, 7) is 0.530. The Morgan fingerprint density at radius 3 is 2.61 bits per heavy atom. The van der Waals surface area contributed by atoms with E-state index in [0.29, 0.717) is 18.3 Å². The van der Waals surface area contributed by atoms with E-state index in [1.165, 1.54) is 38.2 Å². The topological polar surface area (TPSA) is 75.1 Å². The van der Waals surface area contributed by atoms with Crippen LogP contribution in [0.5, 0.6) is 0 Å². The van der Waals surface area contributed by atoms with Crippen LogP contribution in [0.2, 0.25) is 0 Å². The van der Waals surface area contributed by atoms with Crippen LogP contribution in [0.15, 0.2) is 12.5 Å². The molecule has 5 heteroatoms. The van der Waals surface area contributed by atoms with Crippen molar-refractivity contribution >= 4 is 5.97 Å². The maximum atomic E-state index is 11.1. The number of hydrogen-bond acceptors (Lipinski definition) is 4. The van der Waals surface area contributed by atoms with Crippen LogP contribution in [0, 0.1) is 11.8 Å². The van der Waals surface area contributed by atoms with Gasteiger partial charge in [0.25, 0.3) is 0 Å². The smallest absolute Gasteiger partial charge is 0.339 e. The first kappa shape index (κ1) is 11.6. The second-order valence-electron chi connectivity index (χ2n) is 5.27. The van der Waals surface area contributed by atoms with E-state index in [-0.39, 0.29) is 5.56 Å². The predicted octanol–water partition coefficient (Wildman–Crippen LogP) is 1.45. The average Bonchev–Trinajstić information content (AvgIpc) is 3.24. The molecule has 0 unspecified atom stereocenters. The number of hydrogen-bond donors (Lipinski definition) is 2. The molecule has 0 saturated heterocycles. The Labute approximate surface area is 106 Å². The van der Waals surface area contributed by atoms with Gasteiger partial charge in [-0.3, -0.25) is 0 Å². The van der Waals surface area contributed by atoms with Gasteiger partial charge in [0.15, 0.2) is 0 Å². The van der Waals surface area contributed by atoms with Gasteiger partial charge in [-0.25, -0.2) is 14.8 Å². The molecule has 3 rings (SSSR count). The maximum Gasteiger partial charge on any atom is 0.339 e. The molecule has 2 fully saturated rings. The maximum absolute atomic E-state index is 11.1. The molecule has 2 aliphatic carbocycles. The number of nitrogens with zero attached hydrogens (tertiary/aromatic N) is 2. The zero-order valence-corrected chi connectivity index (χ0v) is 10.2. The summed E-state index contributed by atoms with van der Waals surface area (Å²) >= 11 is 0. The van der Waals surface area contributed by atoms with Crippen molar-refractivity contribution < 1.29 is 9.90 Å². The van der Waals surface area contributed by atoms with E-state index in [1.54, 1.807) is 0 Å². The molecule has 0 radical (unpaired) electrons. The average molecular weight is 247 g/mol. The van der Waals surface area contributed by atoms with Gasteiger partial charge in [-0.05, 0) is 37.5 Å². The van der Waals surface area contributed by atoms with Crippen LogP contribution < -0.4 is 5.32 Å². The third kappa shape index (κ3) is 2.51. The molecule has 1 aromatic heterocycles. The van der Waals surface area contributed by atoms with Gasteiger partial charge in [-0.2, -0.15) is 0 Å². The predicted molar refractivity (Wildman–Crippen MR) is 65.1 cm³/mol. The van der Waals surface area contributed by atoms with Gasteiger partial charge in [-0.1, -0.05) is 0 Å². The first-order valence-corrected chi connectivity index (χ1v) is 6.51. The van der Waals surface area contributed by atoms with Crippen molar-refractivity contribution in [3.63, 3.8) is 0 Å². The minimum Gasteiger partial charge on any atom is -0.478 e. The fourth-order valence-electron chi connectivity index (χ4n) is 2.52. The molecule has 1 aromatic rings. The number of carbonyl (C=O) groups is 1. The van der Waals surface area contributed by atoms with E-state index in [4.69, 9.17) is 5.11 Å². The first-order chi connectivity index (χ1) is 8.75. The molecule has 1 heterocycles. The lowest BCUT2D eigenvalue weighted by molar-refractivity contribution is 0.0694. The molecule has 0 aromatic carbocycles. The fourth-order valence-corrected chi connectivity index (χ4v) is 2.52. The van der Waals surface area contributed by atoms with Crippen LogP contribution in [0.1, 0.15) is 41.7 Å². The van der Waals surface area contributed by atoms with E-state index >= 15 is 0 Å². The van der Waals surface area contributed by atoms with Crippen LogP contribution in [0.25, 0.3) is 0 Å². The van der Waals surface area contributed by atoms with Crippen LogP contribution in [-0.4, -0.2) is 27.1 Å². The van der Waals surface area contributed by atoms with Crippen molar-refractivity contribution in [1.29, 1.82) is 0 Å². The number of aromatic nitrogens is 2. The molecule has 0 bridgehead atoms. The third-order valence-corrected chi connectivity index (χ3v) is 3.79. The lowest BCUT2D eigenvalue weighted by Crippen LogP contribution is -2.33. The molecular weight excluding hydrogens is 230 g/mol. The summed E-state index contributed by atoms with van der Waals surface area (Å²) in [6, 6.07) is 0.557. The SMILES string of the molecule is O=C(O)c1cncnc1CNC(C1CC1)C1CC1. The van der Waals surface area contributed by atoms with Gasteiger partial charge >= 0.3 is 5.97 Å². The zero-order chi connectivity index (χ0) is 12.5. The first-order valence-electron chi connectivity index (χ1n) is 6.51. The Morgan fingerprint density at radius 1 is 1.39 bits per heavy atom. The Morgan fingerprint density at radius 2 is 2.06 bits per heavy atom. The number of rotatable bonds is 6. The lowest BCUT2D eigenvalue weighted by Gasteiger charge is -2.17. The van der Waals surface area contributed by atoms with Gasteiger partial charge in [0, 0.05) is 18.8 Å². The standard InChI is InChI=1S/C13H17N3O2/c17-13(18)10-5-14-7-16-11(10)6-15-12(8-1-2-8)9-3-4-9/h5,7-9,12,15H,1-4,6H2,(H,17,18). The highest BCUT2D eigenvalue weighted by Gasteiger charge is 2.41. The highest BCUT2D eigenvalue weighted by atomic mass is 16.4. The molecule has 2 saturated carbocycles. The summed E-state index contributed by atoms with van der Waals surface area (Å²) in [4.78, 5) is 18.9. The van der Waals surface area contributed by atoms with Crippen molar-refractivity contribution in [1.82, 2.24) is 15.3 Å². The van der Waals surface area contributed by atoms with Crippen molar-refractivity contribution in [3.05, 3.63) is 23.8 Å². The molecule has 0 aliphatic heterocycles. The Hall–Kier alpha value is -1.49. The van der Waals surface area contributed by atoms with Crippen LogP contribution in [0.4, 0.5) is 0 Å². The normalized spacial score (nSPS) is 19.2. The molecule has 2 N–H and O–H groups in total. The van der Waals surface area contributed by atoms with Gasteiger partial charge in [0.1, 0.15) is 11.9 Å².